The molecule has 0 unspecified atom stereocenters. The molecular formula is C12H13F3O. The van der Waals surface area contributed by atoms with Crippen LogP contribution in [0.2, 0.25) is 0 Å². The van der Waals surface area contributed by atoms with E-state index in [0.717, 1.165) is 12.1 Å². The third kappa shape index (κ3) is 2.78. The number of methoxy groups -OCH3 is 1. The maximum atomic E-state index is 13.5. The quantitative estimate of drug-likeness (QED) is 0.703. The summed E-state index contributed by atoms with van der Waals surface area (Å²) in [6.07, 6.45) is 0.159. The lowest BCUT2D eigenvalue weighted by Gasteiger charge is -2.08. The van der Waals surface area contributed by atoms with Gasteiger partial charge in [0.2, 0.25) is 0 Å². The molecule has 0 atom stereocenters. The molecule has 0 heterocycles. The Morgan fingerprint density at radius 1 is 1.31 bits per heavy atom. The number of rotatable bonds is 5. The molecule has 0 bridgehead atoms. The molecule has 0 aliphatic heterocycles. The molecule has 0 aliphatic carbocycles. The molecular weight excluding hydrogens is 217 g/mol. The Morgan fingerprint density at radius 3 is 2.31 bits per heavy atom. The summed E-state index contributed by atoms with van der Waals surface area (Å²) in [5, 5.41) is 0. The van der Waals surface area contributed by atoms with Gasteiger partial charge in [-0.1, -0.05) is 6.58 Å². The van der Waals surface area contributed by atoms with Crippen LogP contribution in [0.25, 0.3) is 5.76 Å². The molecule has 0 N–H and O–H groups in total. The lowest BCUT2D eigenvalue weighted by atomic mass is 10.1. The van der Waals surface area contributed by atoms with Crippen molar-refractivity contribution in [3.05, 3.63) is 41.5 Å². The van der Waals surface area contributed by atoms with E-state index in [2.05, 4.69) is 6.58 Å². The Morgan fingerprint density at radius 2 is 1.88 bits per heavy atom. The molecule has 4 heteroatoms. The van der Waals surface area contributed by atoms with Crippen molar-refractivity contribution < 1.29 is 17.9 Å². The standard InChI is InChI=1S/C12H13F3O/c1-8(16-2)9-6-11(14)10(4-3-5-13)12(15)7-9/h6-7H,1,3-5H2,2H3. The van der Waals surface area contributed by atoms with Gasteiger partial charge in [-0.15, -0.1) is 0 Å². The fourth-order valence-electron chi connectivity index (χ4n) is 1.36. The van der Waals surface area contributed by atoms with Gasteiger partial charge >= 0.3 is 0 Å². The molecule has 0 radical (unpaired) electrons. The highest BCUT2D eigenvalue weighted by atomic mass is 19.1. The summed E-state index contributed by atoms with van der Waals surface area (Å²) in [6.45, 7) is 2.91. The lowest BCUT2D eigenvalue weighted by Crippen LogP contribution is -1.99. The predicted molar refractivity (Wildman–Crippen MR) is 56.7 cm³/mol. The monoisotopic (exact) mass is 230 g/mol. The van der Waals surface area contributed by atoms with E-state index in [1.165, 1.54) is 7.11 Å². The SMILES string of the molecule is C=C(OC)c1cc(F)c(CCCF)c(F)c1. The van der Waals surface area contributed by atoms with Crippen molar-refractivity contribution in [1.82, 2.24) is 0 Å². The largest absolute Gasteiger partial charge is 0.497 e. The maximum Gasteiger partial charge on any atom is 0.130 e. The summed E-state index contributed by atoms with van der Waals surface area (Å²) in [4.78, 5) is 0. The Balaban J connectivity index is 3.02. The van der Waals surface area contributed by atoms with Gasteiger partial charge in [0.15, 0.2) is 0 Å². The number of ether oxygens (including phenoxy) is 1. The first-order valence-electron chi connectivity index (χ1n) is 4.87. The summed E-state index contributed by atoms with van der Waals surface area (Å²) in [6, 6.07) is 2.28. The van der Waals surface area contributed by atoms with Crippen molar-refractivity contribution in [2.75, 3.05) is 13.8 Å². The molecule has 1 aromatic carbocycles. The minimum atomic E-state index is -0.693. The van der Waals surface area contributed by atoms with Crippen LogP contribution in [0.4, 0.5) is 13.2 Å². The van der Waals surface area contributed by atoms with Crippen molar-refractivity contribution in [2.45, 2.75) is 12.8 Å². The van der Waals surface area contributed by atoms with E-state index in [1.54, 1.807) is 0 Å². The second-order valence-electron chi connectivity index (χ2n) is 3.34. The average molecular weight is 230 g/mol. The Bertz CT molecular complexity index is 365. The van der Waals surface area contributed by atoms with E-state index in [1.807, 2.05) is 0 Å². The zero-order valence-electron chi connectivity index (χ0n) is 9.03. The van der Waals surface area contributed by atoms with Gasteiger partial charge in [0.25, 0.3) is 0 Å². The van der Waals surface area contributed by atoms with E-state index in [4.69, 9.17) is 4.74 Å². The lowest BCUT2D eigenvalue weighted by molar-refractivity contribution is 0.370. The molecule has 0 fully saturated rings. The normalized spacial score (nSPS) is 10.2. The summed E-state index contributed by atoms with van der Waals surface area (Å²) in [7, 11) is 1.37. The molecule has 1 rings (SSSR count). The van der Waals surface area contributed by atoms with Gasteiger partial charge in [0, 0.05) is 11.1 Å². The smallest absolute Gasteiger partial charge is 0.130 e. The zero-order chi connectivity index (χ0) is 12.1. The van der Waals surface area contributed by atoms with Crippen LogP contribution in [0.3, 0.4) is 0 Å². The zero-order valence-corrected chi connectivity index (χ0v) is 9.03. The second-order valence-corrected chi connectivity index (χ2v) is 3.34. The number of halogens is 3. The fraction of sp³-hybridized carbons (Fsp3) is 0.333. The minimum Gasteiger partial charge on any atom is -0.497 e. The van der Waals surface area contributed by atoms with E-state index >= 15 is 0 Å². The minimum absolute atomic E-state index is 0.0495. The van der Waals surface area contributed by atoms with Gasteiger partial charge in [-0.25, -0.2) is 8.78 Å². The van der Waals surface area contributed by atoms with Crippen LogP contribution in [0, 0.1) is 11.6 Å². The fourth-order valence-corrected chi connectivity index (χ4v) is 1.36. The van der Waals surface area contributed by atoms with Crippen molar-refractivity contribution >= 4 is 5.76 Å². The van der Waals surface area contributed by atoms with Crippen molar-refractivity contribution in [2.24, 2.45) is 0 Å². The Hall–Kier alpha value is -1.45. The van der Waals surface area contributed by atoms with Crippen LogP contribution in [0.15, 0.2) is 18.7 Å². The average Bonchev–Trinajstić information content (AvgIpc) is 2.26. The van der Waals surface area contributed by atoms with Gasteiger partial charge in [-0.2, -0.15) is 0 Å². The van der Waals surface area contributed by atoms with Crippen LogP contribution in [-0.4, -0.2) is 13.8 Å². The molecule has 0 amide bonds. The van der Waals surface area contributed by atoms with Crippen molar-refractivity contribution in [3.63, 3.8) is 0 Å². The van der Waals surface area contributed by atoms with E-state index < -0.39 is 18.3 Å². The number of hydrogen-bond acceptors (Lipinski definition) is 1. The van der Waals surface area contributed by atoms with E-state index in [9.17, 15) is 13.2 Å². The molecule has 0 spiro atoms. The molecule has 88 valence electrons. The first kappa shape index (κ1) is 12.6. The molecule has 1 nitrogen and oxygen atoms in total. The molecule has 0 aromatic heterocycles. The highest BCUT2D eigenvalue weighted by Gasteiger charge is 2.12. The first-order valence-corrected chi connectivity index (χ1v) is 4.87. The van der Waals surface area contributed by atoms with Gasteiger partial charge in [-0.05, 0) is 25.0 Å². The Labute approximate surface area is 92.5 Å². The van der Waals surface area contributed by atoms with Crippen molar-refractivity contribution in [1.29, 1.82) is 0 Å². The van der Waals surface area contributed by atoms with Crippen LogP contribution >= 0.6 is 0 Å². The summed E-state index contributed by atoms with van der Waals surface area (Å²) < 4.78 is 43.6. The van der Waals surface area contributed by atoms with E-state index in [0.29, 0.717) is 0 Å². The van der Waals surface area contributed by atoms with Crippen LogP contribution in [0.5, 0.6) is 0 Å². The second kappa shape index (κ2) is 5.58. The van der Waals surface area contributed by atoms with Crippen LogP contribution < -0.4 is 0 Å². The predicted octanol–water partition coefficient (Wildman–Crippen LogP) is 3.48. The molecule has 16 heavy (non-hydrogen) atoms. The topological polar surface area (TPSA) is 9.23 Å². The summed E-state index contributed by atoms with van der Waals surface area (Å²) in [5.41, 5.74) is 0.159. The highest BCUT2D eigenvalue weighted by molar-refractivity contribution is 5.58. The summed E-state index contributed by atoms with van der Waals surface area (Å²) >= 11 is 0. The first-order chi connectivity index (χ1) is 7.60. The molecule has 0 saturated carbocycles. The number of alkyl halides is 1. The molecule has 0 saturated heterocycles. The van der Waals surface area contributed by atoms with Gasteiger partial charge in [-0.3, -0.25) is 4.39 Å². The van der Waals surface area contributed by atoms with Crippen molar-refractivity contribution in [3.8, 4) is 0 Å². The maximum absolute atomic E-state index is 13.5. The number of hydrogen-bond donors (Lipinski definition) is 0. The highest BCUT2D eigenvalue weighted by Crippen LogP contribution is 2.21. The van der Waals surface area contributed by atoms with Crippen LogP contribution in [-0.2, 0) is 11.2 Å². The van der Waals surface area contributed by atoms with Gasteiger partial charge in [0.05, 0.1) is 13.8 Å². The third-order valence-corrected chi connectivity index (χ3v) is 2.27. The molecule has 1 aromatic rings. The third-order valence-electron chi connectivity index (χ3n) is 2.27. The van der Waals surface area contributed by atoms with Gasteiger partial charge in [0.1, 0.15) is 17.4 Å². The Kier molecular flexibility index (Phi) is 4.40. The number of benzene rings is 1. The molecule has 0 aliphatic rings. The summed E-state index contributed by atoms with van der Waals surface area (Å²) in [5.74, 6) is -1.20. The van der Waals surface area contributed by atoms with Crippen LogP contribution in [0.1, 0.15) is 17.5 Å². The van der Waals surface area contributed by atoms with Gasteiger partial charge < -0.3 is 4.74 Å². The van der Waals surface area contributed by atoms with E-state index in [-0.39, 0.29) is 29.7 Å².